The van der Waals surface area contributed by atoms with Crippen LogP contribution in [0.5, 0.6) is 0 Å². The molecule has 3 N–H and O–H groups in total. The van der Waals surface area contributed by atoms with E-state index in [-0.39, 0.29) is 0 Å². The molecular formula is C14H18BrNO5. The Labute approximate surface area is 131 Å². The normalized spacial score (nSPS) is 14.1. The summed E-state index contributed by atoms with van der Waals surface area (Å²) in [5, 5.41) is 21.6. The molecule has 0 aliphatic rings. The molecule has 0 aliphatic carbocycles. The van der Waals surface area contributed by atoms with Crippen molar-refractivity contribution in [2.24, 2.45) is 0 Å². The van der Waals surface area contributed by atoms with Gasteiger partial charge >= 0.3 is 12.1 Å². The minimum atomic E-state index is -1.52. The van der Waals surface area contributed by atoms with Gasteiger partial charge in [0.25, 0.3) is 0 Å². The number of rotatable bonds is 4. The monoisotopic (exact) mass is 359 g/mol. The third kappa shape index (κ3) is 5.35. The maximum Gasteiger partial charge on any atom is 0.408 e. The second-order valence-electron chi connectivity index (χ2n) is 5.43. The summed E-state index contributed by atoms with van der Waals surface area (Å²) in [6.07, 6.45) is -2.31. The van der Waals surface area contributed by atoms with E-state index >= 15 is 0 Å². The molecule has 2 atom stereocenters. The van der Waals surface area contributed by atoms with Crippen LogP contribution in [-0.2, 0) is 9.53 Å². The Kier molecular flexibility index (Phi) is 5.74. The van der Waals surface area contributed by atoms with Crippen molar-refractivity contribution in [2.75, 3.05) is 0 Å². The summed E-state index contributed by atoms with van der Waals surface area (Å²) in [4.78, 5) is 23.0. The number of hydrogen-bond donors (Lipinski definition) is 3. The summed E-state index contributed by atoms with van der Waals surface area (Å²) in [6.45, 7) is 4.98. The lowest BCUT2D eigenvalue weighted by Crippen LogP contribution is -2.46. The molecule has 0 radical (unpaired) electrons. The number of carbonyl (C=O) groups is 2. The quantitative estimate of drug-likeness (QED) is 0.767. The van der Waals surface area contributed by atoms with E-state index in [0.717, 1.165) is 0 Å². The molecule has 0 bridgehead atoms. The molecule has 21 heavy (non-hydrogen) atoms. The average Bonchev–Trinajstić information content (AvgIpc) is 2.33. The van der Waals surface area contributed by atoms with Crippen molar-refractivity contribution in [3.8, 4) is 0 Å². The molecule has 0 aromatic heterocycles. The number of hydrogen-bond acceptors (Lipinski definition) is 4. The summed E-state index contributed by atoms with van der Waals surface area (Å²) in [5.41, 5.74) is -0.397. The van der Waals surface area contributed by atoms with Crippen molar-refractivity contribution in [1.29, 1.82) is 0 Å². The van der Waals surface area contributed by atoms with E-state index in [1.165, 1.54) is 0 Å². The van der Waals surface area contributed by atoms with E-state index in [9.17, 15) is 19.8 Å². The molecule has 7 heteroatoms. The summed E-state index contributed by atoms with van der Waals surface area (Å²) in [7, 11) is 0. The number of halogens is 1. The van der Waals surface area contributed by atoms with Crippen LogP contribution >= 0.6 is 15.9 Å². The molecular weight excluding hydrogens is 342 g/mol. The van der Waals surface area contributed by atoms with Gasteiger partial charge in [-0.15, -0.1) is 0 Å². The van der Waals surface area contributed by atoms with Gasteiger partial charge in [0.15, 0.2) is 6.04 Å². The maximum absolute atomic E-state index is 11.7. The van der Waals surface area contributed by atoms with E-state index in [1.807, 2.05) is 0 Å². The smallest absolute Gasteiger partial charge is 0.408 e. The zero-order valence-corrected chi connectivity index (χ0v) is 13.5. The number of aliphatic hydroxyl groups excluding tert-OH is 1. The van der Waals surface area contributed by atoms with Gasteiger partial charge in [0.05, 0.1) is 0 Å². The van der Waals surface area contributed by atoms with Gasteiger partial charge < -0.3 is 20.3 Å². The van der Waals surface area contributed by atoms with E-state index in [2.05, 4.69) is 21.2 Å². The van der Waals surface area contributed by atoms with Crippen LogP contribution in [0.3, 0.4) is 0 Å². The van der Waals surface area contributed by atoms with Gasteiger partial charge in [0.2, 0.25) is 0 Å². The van der Waals surface area contributed by atoms with Gasteiger partial charge in [0, 0.05) is 4.47 Å². The molecule has 116 valence electrons. The zero-order valence-electron chi connectivity index (χ0n) is 12.0. The number of carboxylic acid groups (broad SMARTS) is 1. The first-order valence-corrected chi connectivity index (χ1v) is 7.06. The molecule has 1 aromatic carbocycles. The molecule has 0 unspecified atom stereocenters. The molecule has 0 saturated heterocycles. The van der Waals surface area contributed by atoms with E-state index in [1.54, 1.807) is 45.0 Å². The second-order valence-corrected chi connectivity index (χ2v) is 6.28. The summed E-state index contributed by atoms with van der Waals surface area (Å²) in [6, 6.07) is 5.12. The van der Waals surface area contributed by atoms with Gasteiger partial charge in [-0.2, -0.15) is 0 Å². The fourth-order valence-electron chi connectivity index (χ4n) is 1.60. The fourth-order valence-corrected chi connectivity index (χ4v) is 2.12. The van der Waals surface area contributed by atoms with E-state index < -0.39 is 29.8 Å². The van der Waals surface area contributed by atoms with Crippen molar-refractivity contribution < 1.29 is 24.5 Å². The van der Waals surface area contributed by atoms with Gasteiger partial charge in [-0.25, -0.2) is 9.59 Å². The lowest BCUT2D eigenvalue weighted by Gasteiger charge is -2.24. The third-order valence-corrected chi connectivity index (χ3v) is 3.20. The predicted molar refractivity (Wildman–Crippen MR) is 79.9 cm³/mol. The van der Waals surface area contributed by atoms with Gasteiger partial charge in [-0.1, -0.05) is 34.1 Å². The van der Waals surface area contributed by atoms with Crippen LogP contribution in [0.15, 0.2) is 28.7 Å². The summed E-state index contributed by atoms with van der Waals surface area (Å²) in [5.74, 6) is -1.36. The molecule has 0 fully saturated rings. The molecule has 6 nitrogen and oxygen atoms in total. The van der Waals surface area contributed by atoms with Crippen molar-refractivity contribution >= 4 is 28.0 Å². The number of nitrogens with one attached hydrogen (secondary N) is 1. The Bertz CT molecular complexity index is 526. The van der Waals surface area contributed by atoms with Crippen LogP contribution in [0.25, 0.3) is 0 Å². The van der Waals surface area contributed by atoms with Gasteiger partial charge in [0.1, 0.15) is 11.7 Å². The van der Waals surface area contributed by atoms with Crippen LogP contribution in [-0.4, -0.2) is 33.9 Å². The highest BCUT2D eigenvalue weighted by Crippen LogP contribution is 2.25. The molecule has 0 saturated carbocycles. The number of amides is 1. The first-order valence-electron chi connectivity index (χ1n) is 6.26. The van der Waals surface area contributed by atoms with Crippen LogP contribution in [0.4, 0.5) is 4.79 Å². The number of carbonyl (C=O) groups excluding carboxylic acids is 1. The Balaban J connectivity index is 2.90. The van der Waals surface area contributed by atoms with Crippen molar-refractivity contribution in [2.45, 2.75) is 38.5 Å². The maximum atomic E-state index is 11.7. The van der Waals surface area contributed by atoms with E-state index in [4.69, 9.17) is 4.74 Å². The molecule has 0 aliphatic heterocycles. The largest absolute Gasteiger partial charge is 0.480 e. The van der Waals surface area contributed by atoms with Crippen LogP contribution in [0.2, 0.25) is 0 Å². The number of aliphatic hydroxyl groups is 1. The molecule has 0 spiro atoms. The summed E-state index contributed by atoms with van der Waals surface area (Å²) >= 11 is 3.23. The van der Waals surface area contributed by atoms with Crippen molar-refractivity contribution in [3.05, 3.63) is 34.3 Å². The SMILES string of the molecule is CC(C)(C)OC(=O)N[C@H](C(=O)O)[C@@H](O)c1ccccc1Br. The average molecular weight is 360 g/mol. The number of alkyl carbamates (subject to hydrolysis) is 1. The predicted octanol–water partition coefficient (Wildman–Crippen LogP) is 2.46. The summed E-state index contributed by atoms with van der Waals surface area (Å²) < 4.78 is 5.55. The van der Waals surface area contributed by atoms with Crippen molar-refractivity contribution in [3.63, 3.8) is 0 Å². The molecule has 0 heterocycles. The van der Waals surface area contributed by atoms with Crippen molar-refractivity contribution in [1.82, 2.24) is 5.32 Å². The number of carboxylic acids is 1. The zero-order chi connectivity index (χ0) is 16.2. The number of aliphatic carboxylic acids is 1. The number of benzene rings is 1. The number of ether oxygens (including phenoxy) is 1. The molecule has 1 aromatic rings. The van der Waals surface area contributed by atoms with Crippen LogP contribution in [0, 0.1) is 0 Å². The van der Waals surface area contributed by atoms with Crippen LogP contribution < -0.4 is 5.32 Å². The Hall–Kier alpha value is -1.60. The highest BCUT2D eigenvalue weighted by atomic mass is 79.9. The van der Waals surface area contributed by atoms with Gasteiger partial charge in [-0.3, -0.25) is 0 Å². The highest BCUT2D eigenvalue weighted by Gasteiger charge is 2.32. The Morgan fingerprint density at radius 1 is 1.29 bits per heavy atom. The Morgan fingerprint density at radius 2 is 1.86 bits per heavy atom. The highest BCUT2D eigenvalue weighted by molar-refractivity contribution is 9.10. The topological polar surface area (TPSA) is 95.9 Å². The van der Waals surface area contributed by atoms with Crippen LogP contribution in [0.1, 0.15) is 32.4 Å². The molecule has 1 rings (SSSR count). The Morgan fingerprint density at radius 3 is 2.33 bits per heavy atom. The first kappa shape index (κ1) is 17.5. The second kappa shape index (κ2) is 6.91. The van der Waals surface area contributed by atoms with E-state index in [0.29, 0.717) is 10.0 Å². The fraction of sp³-hybridized carbons (Fsp3) is 0.429. The van der Waals surface area contributed by atoms with Gasteiger partial charge in [-0.05, 0) is 32.4 Å². The third-order valence-electron chi connectivity index (χ3n) is 2.48. The first-order chi connectivity index (χ1) is 9.61. The molecule has 1 amide bonds. The standard InChI is InChI=1S/C14H18BrNO5/c1-14(2,3)21-13(20)16-10(12(18)19)11(17)8-6-4-5-7-9(8)15/h4-7,10-11,17H,1-3H3,(H,16,20)(H,18,19)/t10-,11-/m0/s1. The minimum absolute atomic E-state index is 0.362. The lowest BCUT2D eigenvalue weighted by atomic mass is 10.0. The lowest BCUT2D eigenvalue weighted by molar-refractivity contribution is -0.142. The minimum Gasteiger partial charge on any atom is -0.480 e.